The lowest BCUT2D eigenvalue weighted by Gasteiger charge is -2.22. The second kappa shape index (κ2) is 5.30. The first-order valence-electron chi connectivity index (χ1n) is 5.62. The van der Waals surface area contributed by atoms with Crippen LogP contribution in [0.3, 0.4) is 0 Å². The molecule has 0 saturated carbocycles. The van der Waals surface area contributed by atoms with Crippen molar-refractivity contribution in [2.45, 2.75) is 23.5 Å². The second-order valence-electron chi connectivity index (χ2n) is 5.01. The Morgan fingerprint density at radius 3 is 2.30 bits per heavy atom. The molecule has 0 aliphatic rings. The molecule has 0 heterocycles. The lowest BCUT2D eigenvalue weighted by atomic mass is 10.2. The zero-order chi connectivity index (χ0) is 15.8. The van der Waals surface area contributed by atoms with E-state index in [-0.39, 0.29) is 6.54 Å². The summed E-state index contributed by atoms with van der Waals surface area (Å²) in [5, 5.41) is 0. The van der Waals surface area contributed by atoms with Crippen molar-refractivity contribution >= 4 is 25.5 Å². The van der Waals surface area contributed by atoms with Crippen LogP contribution in [-0.4, -0.2) is 34.4 Å². The number of nitrogens with one attached hydrogen (secondary N) is 1. The molecule has 0 amide bonds. The van der Waals surface area contributed by atoms with E-state index in [1.165, 1.54) is 19.9 Å². The van der Waals surface area contributed by atoms with Crippen LogP contribution in [0, 0.1) is 5.82 Å². The van der Waals surface area contributed by atoms with E-state index in [1.807, 2.05) is 0 Å². The number of nitrogens with two attached hydrogens (primary N) is 1. The monoisotopic (exact) mass is 324 g/mol. The Morgan fingerprint density at radius 1 is 1.25 bits per heavy atom. The molecule has 6 nitrogen and oxygen atoms in total. The Bertz CT molecular complexity index is 712. The minimum Gasteiger partial charge on any atom is -0.395 e. The second-order valence-corrected chi connectivity index (χ2v) is 9.39. The fraction of sp³-hybridized carbons (Fsp3) is 0.455. The number of hydrogen-bond acceptors (Lipinski definition) is 5. The van der Waals surface area contributed by atoms with Crippen molar-refractivity contribution < 1.29 is 21.2 Å². The summed E-state index contributed by atoms with van der Waals surface area (Å²) < 4.78 is 61.2. The van der Waals surface area contributed by atoms with Crippen LogP contribution in [0.5, 0.6) is 0 Å². The predicted octanol–water partition coefficient (Wildman–Crippen LogP) is 0.509. The molecule has 114 valence electrons. The van der Waals surface area contributed by atoms with Crippen molar-refractivity contribution in [1.82, 2.24) is 4.72 Å². The first-order valence-corrected chi connectivity index (χ1v) is 8.99. The third kappa shape index (κ3) is 3.47. The molecule has 0 aromatic heterocycles. The summed E-state index contributed by atoms with van der Waals surface area (Å²) in [4.78, 5) is -0.415. The van der Waals surface area contributed by atoms with Gasteiger partial charge in [0.1, 0.15) is 10.7 Å². The lowest BCUT2D eigenvalue weighted by molar-refractivity contribution is 0.536. The summed E-state index contributed by atoms with van der Waals surface area (Å²) in [7, 11) is -7.54. The van der Waals surface area contributed by atoms with Gasteiger partial charge in [-0.15, -0.1) is 0 Å². The summed E-state index contributed by atoms with van der Waals surface area (Å²) in [5.74, 6) is -0.852. The molecule has 1 rings (SSSR count). The molecule has 9 heteroatoms. The number of sulfone groups is 1. The van der Waals surface area contributed by atoms with Crippen molar-refractivity contribution in [2.75, 3.05) is 18.5 Å². The van der Waals surface area contributed by atoms with Crippen LogP contribution >= 0.6 is 0 Å². The third-order valence-corrected chi connectivity index (χ3v) is 6.61. The van der Waals surface area contributed by atoms with Crippen LogP contribution in [0.2, 0.25) is 0 Å². The van der Waals surface area contributed by atoms with Crippen LogP contribution in [0.25, 0.3) is 0 Å². The highest BCUT2D eigenvalue weighted by atomic mass is 32.2. The first kappa shape index (κ1) is 16.9. The molecule has 20 heavy (non-hydrogen) atoms. The number of halogens is 1. The summed E-state index contributed by atoms with van der Waals surface area (Å²) in [6, 6.07) is 3.39. The first-order chi connectivity index (χ1) is 8.88. The average Bonchev–Trinajstić information content (AvgIpc) is 2.29. The van der Waals surface area contributed by atoms with E-state index >= 15 is 0 Å². The summed E-state index contributed by atoms with van der Waals surface area (Å²) in [5.41, 5.74) is 4.88. The number of nitrogen functional groups attached to an aromatic ring is 1. The summed E-state index contributed by atoms with van der Waals surface area (Å²) in [6.45, 7) is 2.43. The highest BCUT2D eigenvalue weighted by Gasteiger charge is 2.32. The fourth-order valence-corrected chi connectivity index (χ4v) is 3.01. The molecule has 0 saturated heterocycles. The van der Waals surface area contributed by atoms with Crippen LogP contribution < -0.4 is 10.5 Å². The van der Waals surface area contributed by atoms with E-state index in [2.05, 4.69) is 4.72 Å². The number of rotatable bonds is 5. The molecule has 3 N–H and O–H groups in total. The predicted molar refractivity (Wildman–Crippen MR) is 74.9 cm³/mol. The van der Waals surface area contributed by atoms with Crippen molar-refractivity contribution in [2.24, 2.45) is 0 Å². The molecule has 1 aromatic carbocycles. The average molecular weight is 324 g/mol. The number of sulfonamides is 1. The van der Waals surface area contributed by atoms with E-state index in [0.717, 1.165) is 18.4 Å². The van der Waals surface area contributed by atoms with Gasteiger partial charge in [0, 0.05) is 12.8 Å². The quantitative estimate of drug-likeness (QED) is 0.768. The number of benzene rings is 1. The highest BCUT2D eigenvalue weighted by Crippen LogP contribution is 2.22. The normalized spacial score (nSPS) is 13.4. The molecule has 0 radical (unpaired) electrons. The van der Waals surface area contributed by atoms with E-state index in [0.29, 0.717) is 0 Å². The Morgan fingerprint density at radius 2 is 1.80 bits per heavy atom. The maximum Gasteiger partial charge on any atom is 0.242 e. The van der Waals surface area contributed by atoms with Gasteiger partial charge >= 0.3 is 0 Å². The SMILES string of the molecule is CC(C)(CNS(=O)(=O)c1cccc(F)c1N)S(C)(=O)=O. The van der Waals surface area contributed by atoms with Gasteiger partial charge in [-0.25, -0.2) is 25.9 Å². The largest absolute Gasteiger partial charge is 0.395 e. The molecular weight excluding hydrogens is 307 g/mol. The highest BCUT2D eigenvalue weighted by molar-refractivity contribution is 7.92. The van der Waals surface area contributed by atoms with Gasteiger partial charge in [-0.3, -0.25) is 0 Å². The van der Waals surface area contributed by atoms with Gasteiger partial charge in [-0.1, -0.05) is 6.07 Å². The molecule has 0 bridgehead atoms. The van der Waals surface area contributed by atoms with Crippen molar-refractivity contribution in [3.05, 3.63) is 24.0 Å². The minimum atomic E-state index is -4.09. The Balaban J connectivity index is 3.07. The van der Waals surface area contributed by atoms with Gasteiger partial charge in [0.05, 0.1) is 10.4 Å². The van der Waals surface area contributed by atoms with E-state index in [1.54, 1.807) is 0 Å². The van der Waals surface area contributed by atoms with Gasteiger partial charge < -0.3 is 5.73 Å². The van der Waals surface area contributed by atoms with E-state index in [4.69, 9.17) is 5.73 Å². The third-order valence-electron chi connectivity index (χ3n) is 2.99. The number of hydrogen-bond donors (Lipinski definition) is 2. The van der Waals surface area contributed by atoms with Gasteiger partial charge in [-0.05, 0) is 26.0 Å². The van der Waals surface area contributed by atoms with Crippen molar-refractivity contribution in [1.29, 1.82) is 0 Å². The zero-order valence-corrected chi connectivity index (χ0v) is 13.0. The van der Waals surface area contributed by atoms with Gasteiger partial charge in [0.25, 0.3) is 0 Å². The Hall–Kier alpha value is -1.19. The minimum absolute atomic E-state index is 0.343. The molecule has 0 fully saturated rings. The van der Waals surface area contributed by atoms with Crippen LogP contribution in [-0.2, 0) is 19.9 Å². The molecular formula is C11H17FN2O4S2. The summed E-state index contributed by atoms with van der Waals surface area (Å²) in [6.07, 6.45) is 1.01. The number of para-hydroxylation sites is 1. The van der Waals surface area contributed by atoms with E-state index in [9.17, 15) is 21.2 Å². The molecule has 0 atom stereocenters. The van der Waals surface area contributed by atoms with Crippen LogP contribution in [0.15, 0.2) is 23.1 Å². The van der Waals surface area contributed by atoms with Crippen LogP contribution in [0.1, 0.15) is 13.8 Å². The molecule has 0 spiro atoms. The Labute approximate surface area is 118 Å². The van der Waals surface area contributed by atoms with Gasteiger partial charge in [-0.2, -0.15) is 0 Å². The van der Waals surface area contributed by atoms with Crippen molar-refractivity contribution in [3.8, 4) is 0 Å². The smallest absolute Gasteiger partial charge is 0.242 e. The van der Waals surface area contributed by atoms with Gasteiger partial charge in [0.15, 0.2) is 9.84 Å². The summed E-state index contributed by atoms with van der Waals surface area (Å²) >= 11 is 0. The fourth-order valence-electron chi connectivity index (χ4n) is 1.23. The maximum absolute atomic E-state index is 13.3. The maximum atomic E-state index is 13.3. The Kier molecular flexibility index (Phi) is 4.47. The van der Waals surface area contributed by atoms with Crippen LogP contribution in [0.4, 0.5) is 10.1 Å². The molecule has 1 aromatic rings. The standard InChI is InChI=1S/C11H17FN2O4S2/c1-11(2,19(3,15)16)7-14-20(17,18)9-6-4-5-8(12)10(9)13/h4-6,14H,7,13H2,1-3H3. The molecule has 0 aliphatic heterocycles. The molecule has 0 unspecified atom stereocenters. The van der Waals surface area contributed by atoms with E-state index < -0.39 is 41.0 Å². The lowest BCUT2D eigenvalue weighted by Crippen LogP contribution is -2.43. The topological polar surface area (TPSA) is 106 Å². The molecule has 0 aliphatic carbocycles. The number of anilines is 1. The zero-order valence-electron chi connectivity index (χ0n) is 11.3. The van der Waals surface area contributed by atoms with Gasteiger partial charge in [0.2, 0.25) is 10.0 Å². The van der Waals surface area contributed by atoms with Crippen molar-refractivity contribution in [3.63, 3.8) is 0 Å².